The standard InChI is InChI=1S/C42H26BNO2/c1-2-10-27(11-3-1)28-18-20-29(21-19-28)30-24-35-34-14-6-9-17-39(34)46-43-36-23-22-31(26-40(36)45-41(25-30)42(35)43)44-37-15-7-4-12-32(37)33-13-5-8-16-38(33)44/h1-26H. The van der Waals surface area contributed by atoms with E-state index in [1.54, 1.807) is 0 Å². The van der Waals surface area contributed by atoms with Crippen molar-refractivity contribution in [1.82, 2.24) is 4.57 Å². The van der Waals surface area contributed by atoms with Crippen LogP contribution in [0.3, 0.4) is 0 Å². The van der Waals surface area contributed by atoms with Crippen LogP contribution in [-0.2, 0) is 0 Å². The van der Waals surface area contributed by atoms with Crippen molar-refractivity contribution < 1.29 is 9.39 Å². The first kappa shape index (κ1) is 25.3. The minimum atomic E-state index is -0.259. The zero-order chi connectivity index (χ0) is 30.2. The first-order valence-electron chi connectivity index (χ1n) is 15.7. The van der Waals surface area contributed by atoms with Gasteiger partial charge < -0.3 is 14.0 Å². The summed E-state index contributed by atoms with van der Waals surface area (Å²) in [6, 6.07) is 55.8. The third-order valence-corrected chi connectivity index (χ3v) is 9.49. The van der Waals surface area contributed by atoms with Crippen molar-refractivity contribution >= 4 is 39.6 Å². The molecule has 0 amide bonds. The molecule has 2 aliphatic heterocycles. The second-order valence-corrected chi connectivity index (χ2v) is 12.1. The monoisotopic (exact) mass is 587 g/mol. The number of hydrogen-bond donors (Lipinski definition) is 0. The molecule has 0 radical (unpaired) electrons. The van der Waals surface area contributed by atoms with Crippen molar-refractivity contribution in [3.05, 3.63) is 158 Å². The molecule has 0 N–H and O–H groups in total. The quantitative estimate of drug-likeness (QED) is 0.192. The third-order valence-electron chi connectivity index (χ3n) is 9.49. The van der Waals surface area contributed by atoms with E-state index in [0.717, 1.165) is 56.1 Å². The molecule has 1 aromatic heterocycles. The van der Waals surface area contributed by atoms with Crippen LogP contribution in [0.2, 0.25) is 0 Å². The van der Waals surface area contributed by atoms with Crippen molar-refractivity contribution in [2.75, 3.05) is 0 Å². The van der Waals surface area contributed by atoms with Crippen LogP contribution < -0.4 is 20.3 Å². The summed E-state index contributed by atoms with van der Waals surface area (Å²) in [4.78, 5) is 0. The number of ether oxygens (including phenoxy) is 1. The first-order valence-corrected chi connectivity index (χ1v) is 15.7. The summed E-state index contributed by atoms with van der Waals surface area (Å²) in [5, 5.41) is 2.48. The Balaban J connectivity index is 1.13. The summed E-state index contributed by atoms with van der Waals surface area (Å²) < 4.78 is 16.0. The van der Waals surface area contributed by atoms with E-state index in [4.69, 9.17) is 9.39 Å². The van der Waals surface area contributed by atoms with Gasteiger partial charge in [0, 0.05) is 39.0 Å². The Morgan fingerprint density at radius 2 is 1.07 bits per heavy atom. The molecular weight excluding hydrogens is 561 g/mol. The number of benzene rings is 7. The van der Waals surface area contributed by atoms with Crippen molar-refractivity contribution in [2.24, 2.45) is 0 Å². The Kier molecular flexibility index (Phi) is 5.37. The van der Waals surface area contributed by atoms with Gasteiger partial charge in [0.05, 0.1) is 11.0 Å². The Hall–Kier alpha value is -6.00. The molecule has 3 heterocycles. The van der Waals surface area contributed by atoms with Crippen LogP contribution >= 0.6 is 0 Å². The van der Waals surface area contributed by atoms with Gasteiger partial charge in [0.1, 0.15) is 17.2 Å². The maximum absolute atomic E-state index is 6.86. The average molecular weight is 587 g/mol. The number of aromatic nitrogens is 1. The normalized spacial score (nSPS) is 12.7. The Morgan fingerprint density at radius 1 is 0.435 bits per heavy atom. The molecule has 8 aromatic rings. The largest absolute Gasteiger partial charge is 0.551 e. The molecule has 0 saturated carbocycles. The van der Waals surface area contributed by atoms with Gasteiger partial charge in [-0.3, -0.25) is 0 Å². The topological polar surface area (TPSA) is 23.4 Å². The van der Waals surface area contributed by atoms with E-state index in [1.807, 2.05) is 6.07 Å². The maximum atomic E-state index is 6.86. The highest BCUT2D eigenvalue weighted by atomic mass is 16.5. The Labute approximate surface area is 267 Å². The summed E-state index contributed by atoms with van der Waals surface area (Å²) in [7, 11) is 0. The second-order valence-electron chi connectivity index (χ2n) is 12.1. The predicted octanol–water partition coefficient (Wildman–Crippen LogP) is 9.39. The highest BCUT2D eigenvalue weighted by molar-refractivity contribution is 6.84. The smallest absolute Gasteiger partial charge is 0.434 e. The Bertz CT molecular complexity index is 2430. The summed E-state index contributed by atoms with van der Waals surface area (Å²) in [5.41, 5.74) is 12.4. The third kappa shape index (κ3) is 3.74. The first-order chi connectivity index (χ1) is 22.8. The molecule has 10 rings (SSSR count). The minimum Gasteiger partial charge on any atom is -0.551 e. The van der Waals surface area contributed by atoms with Crippen LogP contribution in [0.15, 0.2) is 158 Å². The van der Waals surface area contributed by atoms with E-state index in [9.17, 15) is 0 Å². The van der Waals surface area contributed by atoms with Crippen molar-refractivity contribution in [1.29, 1.82) is 0 Å². The van der Waals surface area contributed by atoms with Crippen LogP contribution in [-0.4, -0.2) is 11.5 Å². The number of hydrogen-bond acceptors (Lipinski definition) is 2. The van der Waals surface area contributed by atoms with Gasteiger partial charge >= 0.3 is 6.92 Å². The van der Waals surface area contributed by atoms with E-state index in [1.165, 1.54) is 32.9 Å². The van der Waals surface area contributed by atoms with Crippen molar-refractivity contribution in [2.45, 2.75) is 0 Å². The average Bonchev–Trinajstić information content (AvgIpc) is 3.46. The van der Waals surface area contributed by atoms with Gasteiger partial charge in [-0.25, -0.2) is 0 Å². The summed E-state index contributed by atoms with van der Waals surface area (Å²) in [6.07, 6.45) is 0. The second kappa shape index (κ2) is 9.75. The molecule has 0 unspecified atom stereocenters. The van der Waals surface area contributed by atoms with Crippen LogP contribution in [0.25, 0.3) is 60.9 Å². The number of nitrogens with zero attached hydrogens (tertiary/aromatic N) is 1. The fourth-order valence-corrected chi connectivity index (χ4v) is 7.34. The molecule has 0 atom stereocenters. The van der Waals surface area contributed by atoms with Crippen LogP contribution in [0.1, 0.15) is 0 Å². The fourth-order valence-electron chi connectivity index (χ4n) is 7.34. The SMILES string of the molecule is c1ccc(-c2ccc(-c3cc4c5c(c3)-c3ccccc3OB5c3ccc(-n5c6ccccc6c6ccccc65)cc3O4)cc2)cc1. The zero-order valence-corrected chi connectivity index (χ0v) is 24.9. The van der Waals surface area contributed by atoms with Gasteiger partial charge in [0.25, 0.3) is 0 Å². The minimum absolute atomic E-state index is 0.259. The lowest BCUT2D eigenvalue weighted by Crippen LogP contribution is -2.53. The lowest BCUT2D eigenvalue weighted by atomic mass is 9.50. The molecule has 3 nitrogen and oxygen atoms in total. The van der Waals surface area contributed by atoms with Crippen molar-refractivity contribution in [3.63, 3.8) is 0 Å². The molecule has 0 aliphatic carbocycles. The van der Waals surface area contributed by atoms with Gasteiger partial charge in [-0.2, -0.15) is 0 Å². The molecule has 0 fully saturated rings. The molecule has 214 valence electrons. The van der Waals surface area contributed by atoms with Crippen LogP contribution in [0, 0.1) is 0 Å². The molecule has 0 saturated heterocycles. The van der Waals surface area contributed by atoms with E-state index in [2.05, 4.69) is 156 Å². The van der Waals surface area contributed by atoms with Gasteiger partial charge in [-0.1, -0.05) is 115 Å². The van der Waals surface area contributed by atoms with E-state index >= 15 is 0 Å². The number of para-hydroxylation sites is 3. The zero-order valence-electron chi connectivity index (χ0n) is 24.9. The van der Waals surface area contributed by atoms with Gasteiger partial charge in [0.15, 0.2) is 0 Å². The van der Waals surface area contributed by atoms with E-state index in [0.29, 0.717) is 0 Å². The lowest BCUT2D eigenvalue weighted by molar-refractivity contribution is 0.479. The van der Waals surface area contributed by atoms with Crippen molar-refractivity contribution in [3.8, 4) is 56.3 Å². The highest BCUT2D eigenvalue weighted by Gasteiger charge is 2.41. The molecule has 4 heteroatoms. The van der Waals surface area contributed by atoms with E-state index in [-0.39, 0.29) is 6.92 Å². The van der Waals surface area contributed by atoms with Gasteiger partial charge in [0.2, 0.25) is 0 Å². The predicted molar refractivity (Wildman–Crippen MR) is 189 cm³/mol. The molecule has 7 aromatic carbocycles. The molecule has 2 aliphatic rings. The molecule has 0 bridgehead atoms. The number of fused-ring (bicyclic) bond motifs is 7. The summed E-state index contributed by atoms with van der Waals surface area (Å²) in [5.74, 6) is 2.55. The van der Waals surface area contributed by atoms with E-state index < -0.39 is 0 Å². The highest BCUT2D eigenvalue weighted by Crippen LogP contribution is 2.42. The molecule has 46 heavy (non-hydrogen) atoms. The summed E-state index contributed by atoms with van der Waals surface area (Å²) >= 11 is 0. The van der Waals surface area contributed by atoms with Crippen LogP contribution in [0.5, 0.6) is 17.2 Å². The maximum Gasteiger partial charge on any atom is 0.434 e. The summed E-state index contributed by atoms with van der Waals surface area (Å²) in [6.45, 7) is -0.259. The molecule has 0 spiro atoms. The van der Waals surface area contributed by atoms with Gasteiger partial charge in [-0.05, 0) is 64.2 Å². The van der Waals surface area contributed by atoms with Crippen LogP contribution in [0.4, 0.5) is 0 Å². The molecular formula is C42H26BNO2. The van der Waals surface area contributed by atoms with Gasteiger partial charge in [-0.15, -0.1) is 0 Å². The number of rotatable bonds is 3. The Morgan fingerprint density at radius 3 is 1.83 bits per heavy atom. The fraction of sp³-hybridized carbons (Fsp3) is 0. The lowest BCUT2D eigenvalue weighted by Gasteiger charge is -2.33.